The summed E-state index contributed by atoms with van der Waals surface area (Å²) in [5.74, 6) is -0.198. The first-order chi connectivity index (χ1) is 9.04. The van der Waals surface area contributed by atoms with Crippen LogP contribution in [-0.2, 0) is 14.3 Å². The highest BCUT2D eigenvalue weighted by molar-refractivity contribution is 9.10. The van der Waals surface area contributed by atoms with E-state index in [-0.39, 0.29) is 18.4 Å². The predicted octanol–water partition coefficient (Wildman–Crippen LogP) is 2.56. The van der Waals surface area contributed by atoms with Crippen molar-refractivity contribution in [3.05, 3.63) is 28.7 Å². The van der Waals surface area contributed by atoms with Crippen LogP contribution in [0, 0.1) is 0 Å². The first kappa shape index (κ1) is 16.0. The van der Waals surface area contributed by atoms with Crippen LogP contribution in [0.1, 0.15) is 6.92 Å². The number of benzene rings is 1. The Bertz CT molecular complexity index is 453. The average Bonchev–Trinajstić information content (AvgIpc) is 2.37. The van der Waals surface area contributed by atoms with E-state index in [0.29, 0.717) is 12.4 Å². The van der Waals surface area contributed by atoms with Gasteiger partial charge in [0.25, 0.3) is 0 Å². The summed E-state index contributed by atoms with van der Waals surface area (Å²) in [5.41, 5.74) is 0. The Hall–Kier alpha value is -1.01. The molecule has 0 saturated heterocycles. The van der Waals surface area contributed by atoms with Gasteiger partial charge in [0, 0.05) is 16.4 Å². The van der Waals surface area contributed by atoms with Crippen LogP contribution in [0.4, 0.5) is 0 Å². The van der Waals surface area contributed by atoms with Crippen molar-refractivity contribution in [2.45, 2.75) is 11.8 Å². The van der Waals surface area contributed by atoms with E-state index in [1.807, 2.05) is 24.3 Å². The molecule has 0 aliphatic rings. The minimum atomic E-state index is -0.385. The molecule has 0 bridgehead atoms. The van der Waals surface area contributed by atoms with Crippen LogP contribution in [0.5, 0.6) is 0 Å². The second-order valence-corrected chi connectivity index (χ2v) is 5.65. The van der Waals surface area contributed by atoms with Gasteiger partial charge >= 0.3 is 5.97 Å². The number of hydrogen-bond acceptors (Lipinski definition) is 4. The number of likely N-dealkylation sites (N-methyl/N-ethyl adjacent to an activating group) is 1. The maximum Gasteiger partial charge on any atom is 0.325 e. The summed E-state index contributed by atoms with van der Waals surface area (Å²) in [5, 5.41) is 0. The lowest BCUT2D eigenvalue weighted by Crippen LogP contribution is -2.34. The van der Waals surface area contributed by atoms with Gasteiger partial charge in [-0.25, -0.2) is 0 Å². The normalized spacial score (nSPS) is 10.1. The lowest BCUT2D eigenvalue weighted by Gasteiger charge is -2.15. The number of halogens is 1. The summed E-state index contributed by atoms with van der Waals surface area (Å²) < 4.78 is 5.76. The Morgan fingerprint density at radius 1 is 1.37 bits per heavy atom. The maximum absolute atomic E-state index is 11.8. The highest BCUT2D eigenvalue weighted by Gasteiger charge is 2.14. The van der Waals surface area contributed by atoms with Crippen molar-refractivity contribution >= 4 is 39.6 Å². The molecule has 6 heteroatoms. The van der Waals surface area contributed by atoms with Crippen molar-refractivity contribution in [2.24, 2.45) is 0 Å². The molecule has 0 saturated carbocycles. The molecule has 0 N–H and O–H groups in total. The maximum atomic E-state index is 11.8. The average molecular weight is 346 g/mol. The molecule has 0 atom stereocenters. The van der Waals surface area contributed by atoms with Crippen molar-refractivity contribution in [1.82, 2.24) is 4.90 Å². The molecule has 1 rings (SSSR count). The van der Waals surface area contributed by atoms with Gasteiger partial charge in [-0.3, -0.25) is 9.59 Å². The highest BCUT2D eigenvalue weighted by atomic mass is 79.9. The Kier molecular flexibility index (Phi) is 6.94. The molecule has 1 aromatic carbocycles. The zero-order valence-corrected chi connectivity index (χ0v) is 13.3. The molecule has 0 aromatic heterocycles. The van der Waals surface area contributed by atoms with Gasteiger partial charge in [-0.15, -0.1) is 11.8 Å². The van der Waals surface area contributed by atoms with Gasteiger partial charge in [0.2, 0.25) is 5.91 Å². The number of thioether (sulfide) groups is 1. The molecule has 0 radical (unpaired) electrons. The first-order valence-electron chi connectivity index (χ1n) is 5.81. The number of amides is 1. The molecule has 0 fully saturated rings. The quantitative estimate of drug-likeness (QED) is 0.587. The van der Waals surface area contributed by atoms with E-state index in [9.17, 15) is 9.59 Å². The summed E-state index contributed by atoms with van der Waals surface area (Å²) >= 11 is 4.86. The Labute approximate surface area is 125 Å². The van der Waals surface area contributed by atoms with E-state index >= 15 is 0 Å². The number of nitrogens with zero attached hydrogens (tertiary/aromatic N) is 1. The topological polar surface area (TPSA) is 46.6 Å². The zero-order valence-electron chi connectivity index (χ0n) is 10.9. The smallest absolute Gasteiger partial charge is 0.325 e. The van der Waals surface area contributed by atoms with E-state index in [1.54, 1.807) is 14.0 Å². The molecule has 4 nitrogen and oxygen atoms in total. The molecule has 0 heterocycles. The third kappa shape index (κ3) is 5.65. The largest absolute Gasteiger partial charge is 0.465 e. The van der Waals surface area contributed by atoms with Crippen LogP contribution in [0.2, 0.25) is 0 Å². The van der Waals surface area contributed by atoms with Gasteiger partial charge in [-0.2, -0.15) is 0 Å². The van der Waals surface area contributed by atoms with Gasteiger partial charge in [-0.05, 0) is 35.0 Å². The van der Waals surface area contributed by atoms with Crippen LogP contribution < -0.4 is 0 Å². The summed E-state index contributed by atoms with van der Waals surface area (Å²) in [4.78, 5) is 25.5. The third-order valence-corrected chi connectivity index (χ3v) is 4.30. The van der Waals surface area contributed by atoms with Crippen molar-refractivity contribution in [2.75, 3.05) is 26.0 Å². The van der Waals surface area contributed by atoms with Gasteiger partial charge in [0.15, 0.2) is 0 Å². The van der Waals surface area contributed by atoms with E-state index < -0.39 is 0 Å². The SMILES string of the molecule is CCOC(=O)CN(C)C(=O)CSc1ccccc1Br. The van der Waals surface area contributed by atoms with E-state index in [2.05, 4.69) is 15.9 Å². The van der Waals surface area contributed by atoms with E-state index in [4.69, 9.17) is 4.74 Å². The number of carbonyl (C=O) groups is 2. The van der Waals surface area contributed by atoms with Gasteiger partial charge in [-0.1, -0.05) is 12.1 Å². The third-order valence-electron chi connectivity index (χ3n) is 2.29. The Morgan fingerprint density at radius 2 is 2.05 bits per heavy atom. The van der Waals surface area contributed by atoms with Crippen LogP contribution in [0.3, 0.4) is 0 Å². The van der Waals surface area contributed by atoms with Crippen LogP contribution in [0.25, 0.3) is 0 Å². The molecule has 0 aliphatic heterocycles. The molecular formula is C13H16BrNO3S. The van der Waals surface area contributed by atoms with Crippen molar-refractivity contribution in [1.29, 1.82) is 0 Å². The first-order valence-corrected chi connectivity index (χ1v) is 7.59. The second kappa shape index (κ2) is 8.22. The minimum Gasteiger partial charge on any atom is -0.465 e. The predicted molar refractivity (Wildman–Crippen MR) is 79.1 cm³/mol. The van der Waals surface area contributed by atoms with Gasteiger partial charge < -0.3 is 9.64 Å². The fourth-order valence-corrected chi connectivity index (χ4v) is 2.81. The van der Waals surface area contributed by atoms with Crippen LogP contribution in [0.15, 0.2) is 33.6 Å². The monoisotopic (exact) mass is 345 g/mol. The molecule has 1 aromatic rings. The van der Waals surface area contributed by atoms with Crippen molar-refractivity contribution in [3.8, 4) is 0 Å². The molecule has 0 aliphatic carbocycles. The van der Waals surface area contributed by atoms with E-state index in [0.717, 1.165) is 9.37 Å². The number of carbonyl (C=O) groups excluding carboxylic acids is 2. The number of rotatable bonds is 6. The molecule has 0 spiro atoms. The zero-order chi connectivity index (χ0) is 14.3. The summed E-state index contributed by atoms with van der Waals surface area (Å²) in [7, 11) is 1.60. The number of esters is 1. The second-order valence-electron chi connectivity index (χ2n) is 3.77. The molecular weight excluding hydrogens is 330 g/mol. The fourth-order valence-electron chi connectivity index (χ4n) is 1.30. The van der Waals surface area contributed by atoms with Crippen LogP contribution >= 0.6 is 27.7 Å². The molecule has 19 heavy (non-hydrogen) atoms. The van der Waals surface area contributed by atoms with Gasteiger partial charge in [0.05, 0.1) is 12.4 Å². The molecule has 104 valence electrons. The Balaban J connectivity index is 2.43. The van der Waals surface area contributed by atoms with Crippen LogP contribution in [-0.4, -0.2) is 42.7 Å². The number of ether oxygens (including phenoxy) is 1. The summed E-state index contributed by atoms with van der Waals surface area (Å²) in [6, 6.07) is 7.70. The molecule has 0 unspecified atom stereocenters. The lowest BCUT2D eigenvalue weighted by molar-refractivity contribution is -0.147. The highest BCUT2D eigenvalue weighted by Crippen LogP contribution is 2.26. The fraction of sp³-hybridized carbons (Fsp3) is 0.385. The summed E-state index contributed by atoms with van der Waals surface area (Å²) in [6.07, 6.45) is 0. The van der Waals surface area contributed by atoms with Crippen molar-refractivity contribution < 1.29 is 14.3 Å². The number of hydrogen-bond donors (Lipinski definition) is 0. The minimum absolute atomic E-state index is 0.0107. The Morgan fingerprint density at radius 3 is 2.68 bits per heavy atom. The van der Waals surface area contributed by atoms with Crippen molar-refractivity contribution in [3.63, 3.8) is 0 Å². The van der Waals surface area contributed by atoms with E-state index in [1.165, 1.54) is 16.7 Å². The lowest BCUT2D eigenvalue weighted by atomic mass is 10.4. The molecule has 1 amide bonds. The van der Waals surface area contributed by atoms with Gasteiger partial charge in [0.1, 0.15) is 6.54 Å². The summed E-state index contributed by atoms with van der Waals surface area (Å²) in [6.45, 7) is 2.05. The standard InChI is InChI=1S/C13H16BrNO3S/c1-3-18-13(17)8-15(2)12(16)9-19-11-7-5-4-6-10(11)14/h4-7H,3,8-9H2,1-2H3.